The summed E-state index contributed by atoms with van der Waals surface area (Å²) in [6, 6.07) is 4.02. The third-order valence-corrected chi connectivity index (χ3v) is 2.65. The Balaban J connectivity index is 2.68. The maximum atomic E-state index is 10.8. The van der Waals surface area contributed by atoms with Crippen molar-refractivity contribution >= 4 is 12.2 Å². The number of methoxy groups -OCH3 is 1. The number of carbonyl (C=O) groups excluding carboxylic acids is 2. The first kappa shape index (κ1) is 13.2. The van der Waals surface area contributed by atoms with Gasteiger partial charge in [-0.1, -0.05) is 6.07 Å². The zero-order valence-corrected chi connectivity index (χ0v) is 10.4. The van der Waals surface area contributed by atoms with Crippen LogP contribution in [0.15, 0.2) is 12.1 Å². The summed E-state index contributed by atoms with van der Waals surface area (Å²) in [5, 5.41) is 2.52. The lowest BCUT2D eigenvalue weighted by molar-refractivity contribution is -0.131. The molecular weight excluding hydrogens is 218 g/mol. The Morgan fingerprint density at radius 1 is 1.35 bits per heavy atom. The zero-order chi connectivity index (χ0) is 12.8. The standard InChI is InChI=1S/C13H17NO3/c1-9-7-12(17-3)10(2)6-11(9)4-5-14-13(16)8-15/h6-8H,4-5H2,1-3H3,(H,14,16). The molecular formula is C13H17NO3. The average Bonchev–Trinajstić information content (AvgIpc) is 2.32. The second kappa shape index (κ2) is 6.03. The number of aldehydes is 1. The fourth-order valence-electron chi connectivity index (χ4n) is 1.70. The molecule has 1 aromatic carbocycles. The summed E-state index contributed by atoms with van der Waals surface area (Å²) in [4.78, 5) is 20.9. The van der Waals surface area contributed by atoms with Crippen LogP contribution in [0.3, 0.4) is 0 Å². The van der Waals surface area contributed by atoms with Crippen molar-refractivity contribution < 1.29 is 14.3 Å². The molecule has 0 saturated carbocycles. The van der Waals surface area contributed by atoms with Crippen LogP contribution < -0.4 is 10.1 Å². The van der Waals surface area contributed by atoms with Crippen LogP contribution in [-0.4, -0.2) is 25.8 Å². The first-order chi connectivity index (χ1) is 8.08. The number of hydrogen-bond acceptors (Lipinski definition) is 3. The van der Waals surface area contributed by atoms with Crippen LogP contribution >= 0.6 is 0 Å². The maximum absolute atomic E-state index is 10.8. The van der Waals surface area contributed by atoms with E-state index >= 15 is 0 Å². The molecule has 1 N–H and O–H groups in total. The van der Waals surface area contributed by atoms with Crippen molar-refractivity contribution in [2.75, 3.05) is 13.7 Å². The number of carbonyl (C=O) groups is 2. The lowest BCUT2D eigenvalue weighted by Gasteiger charge is -2.11. The number of hydrogen-bond donors (Lipinski definition) is 1. The van der Waals surface area contributed by atoms with Crippen molar-refractivity contribution in [2.45, 2.75) is 20.3 Å². The molecule has 0 fully saturated rings. The molecule has 0 aliphatic rings. The molecule has 0 spiro atoms. The van der Waals surface area contributed by atoms with E-state index < -0.39 is 5.91 Å². The van der Waals surface area contributed by atoms with Crippen LogP contribution in [0.2, 0.25) is 0 Å². The van der Waals surface area contributed by atoms with E-state index in [2.05, 4.69) is 5.32 Å². The number of aryl methyl sites for hydroxylation is 2. The first-order valence-electron chi connectivity index (χ1n) is 5.45. The van der Waals surface area contributed by atoms with Gasteiger partial charge in [0.05, 0.1) is 7.11 Å². The van der Waals surface area contributed by atoms with Gasteiger partial charge in [-0.25, -0.2) is 0 Å². The van der Waals surface area contributed by atoms with Crippen LogP contribution in [0, 0.1) is 13.8 Å². The van der Waals surface area contributed by atoms with Gasteiger partial charge in [-0.3, -0.25) is 9.59 Å². The van der Waals surface area contributed by atoms with E-state index in [9.17, 15) is 9.59 Å². The van der Waals surface area contributed by atoms with Crippen molar-refractivity contribution in [2.24, 2.45) is 0 Å². The summed E-state index contributed by atoms with van der Waals surface area (Å²) in [6.07, 6.45) is 0.988. The Kier molecular flexibility index (Phi) is 4.69. The minimum absolute atomic E-state index is 0.284. The second-order valence-electron chi connectivity index (χ2n) is 3.91. The maximum Gasteiger partial charge on any atom is 0.284 e. The van der Waals surface area contributed by atoms with Gasteiger partial charge in [0.25, 0.3) is 5.91 Å². The predicted molar refractivity (Wildman–Crippen MR) is 65.2 cm³/mol. The van der Waals surface area contributed by atoms with E-state index in [0.29, 0.717) is 13.0 Å². The number of amides is 1. The van der Waals surface area contributed by atoms with Gasteiger partial charge in [-0.15, -0.1) is 0 Å². The Bertz CT molecular complexity index is 427. The van der Waals surface area contributed by atoms with E-state index in [1.807, 2.05) is 26.0 Å². The Morgan fingerprint density at radius 3 is 2.65 bits per heavy atom. The molecule has 1 aromatic rings. The monoisotopic (exact) mass is 235 g/mol. The van der Waals surface area contributed by atoms with Crippen LogP contribution in [-0.2, 0) is 16.0 Å². The number of rotatable bonds is 5. The van der Waals surface area contributed by atoms with Gasteiger partial charge in [-0.2, -0.15) is 0 Å². The number of ether oxygens (including phenoxy) is 1. The van der Waals surface area contributed by atoms with Gasteiger partial charge < -0.3 is 10.1 Å². The summed E-state index contributed by atoms with van der Waals surface area (Å²) in [5.74, 6) is 0.288. The average molecular weight is 235 g/mol. The Labute approximate surface area is 101 Å². The van der Waals surface area contributed by atoms with Crippen molar-refractivity contribution in [3.8, 4) is 5.75 Å². The first-order valence-corrected chi connectivity index (χ1v) is 5.45. The summed E-state index contributed by atoms with van der Waals surface area (Å²) in [7, 11) is 1.64. The molecule has 4 nitrogen and oxygen atoms in total. The minimum atomic E-state index is -0.576. The van der Waals surface area contributed by atoms with Gasteiger partial charge >= 0.3 is 0 Å². The fourth-order valence-corrected chi connectivity index (χ4v) is 1.70. The van der Waals surface area contributed by atoms with Crippen molar-refractivity contribution in [1.29, 1.82) is 0 Å². The molecule has 4 heteroatoms. The topological polar surface area (TPSA) is 55.4 Å². The molecule has 1 rings (SSSR count). The number of benzene rings is 1. The van der Waals surface area contributed by atoms with Crippen molar-refractivity contribution in [1.82, 2.24) is 5.32 Å². The van der Waals surface area contributed by atoms with E-state index in [1.165, 1.54) is 0 Å². The smallest absolute Gasteiger partial charge is 0.284 e. The van der Waals surface area contributed by atoms with E-state index in [4.69, 9.17) is 4.74 Å². The molecule has 0 atom stereocenters. The molecule has 0 aliphatic heterocycles. The molecule has 0 bridgehead atoms. The summed E-state index contributed by atoms with van der Waals surface area (Å²) in [5.41, 5.74) is 3.33. The van der Waals surface area contributed by atoms with Gasteiger partial charge in [0, 0.05) is 6.54 Å². The second-order valence-corrected chi connectivity index (χ2v) is 3.91. The van der Waals surface area contributed by atoms with Gasteiger partial charge in [-0.05, 0) is 43.0 Å². The predicted octanol–water partition coefficient (Wildman–Crippen LogP) is 1.17. The molecule has 0 aliphatic carbocycles. The summed E-state index contributed by atoms with van der Waals surface area (Å²) >= 11 is 0. The molecule has 0 unspecified atom stereocenters. The van der Waals surface area contributed by atoms with Gasteiger partial charge in [0.2, 0.25) is 6.29 Å². The molecule has 0 heterocycles. The zero-order valence-electron chi connectivity index (χ0n) is 10.4. The van der Waals surface area contributed by atoms with Gasteiger partial charge in [0.15, 0.2) is 0 Å². The molecule has 1 amide bonds. The highest BCUT2D eigenvalue weighted by Gasteiger charge is 2.05. The lowest BCUT2D eigenvalue weighted by Crippen LogP contribution is -2.26. The quantitative estimate of drug-likeness (QED) is 0.615. The summed E-state index contributed by atoms with van der Waals surface area (Å²) in [6.45, 7) is 4.44. The highest BCUT2D eigenvalue weighted by atomic mass is 16.5. The molecule has 17 heavy (non-hydrogen) atoms. The molecule has 0 saturated heterocycles. The lowest BCUT2D eigenvalue weighted by atomic mass is 10.0. The SMILES string of the molecule is COc1cc(C)c(CCNC(=O)C=O)cc1C. The van der Waals surface area contributed by atoms with Crippen LogP contribution in [0.5, 0.6) is 5.75 Å². The van der Waals surface area contributed by atoms with E-state index in [-0.39, 0.29) is 6.29 Å². The van der Waals surface area contributed by atoms with E-state index in [0.717, 1.165) is 22.4 Å². The van der Waals surface area contributed by atoms with Crippen molar-refractivity contribution in [3.05, 3.63) is 28.8 Å². The third-order valence-electron chi connectivity index (χ3n) is 2.65. The van der Waals surface area contributed by atoms with Crippen LogP contribution in [0.4, 0.5) is 0 Å². The van der Waals surface area contributed by atoms with Crippen LogP contribution in [0.25, 0.3) is 0 Å². The molecule has 0 radical (unpaired) electrons. The highest BCUT2D eigenvalue weighted by Crippen LogP contribution is 2.22. The van der Waals surface area contributed by atoms with Gasteiger partial charge in [0.1, 0.15) is 5.75 Å². The largest absolute Gasteiger partial charge is 0.496 e. The normalized spacial score (nSPS) is 9.82. The molecule has 92 valence electrons. The molecule has 0 aromatic heterocycles. The third kappa shape index (κ3) is 3.59. The van der Waals surface area contributed by atoms with Crippen molar-refractivity contribution in [3.63, 3.8) is 0 Å². The minimum Gasteiger partial charge on any atom is -0.496 e. The Hall–Kier alpha value is -1.84. The Morgan fingerprint density at radius 2 is 2.06 bits per heavy atom. The van der Waals surface area contributed by atoms with Crippen LogP contribution in [0.1, 0.15) is 16.7 Å². The summed E-state index contributed by atoms with van der Waals surface area (Å²) < 4.78 is 5.22. The highest BCUT2D eigenvalue weighted by molar-refractivity contribution is 6.23. The van der Waals surface area contributed by atoms with E-state index in [1.54, 1.807) is 7.11 Å². The fraction of sp³-hybridized carbons (Fsp3) is 0.385. The number of nitrogens with one attached hydrogen (secondary N) is 1.